The molecule has 1 aromatic rings. The summed E-state index contributed by atoms with van der Waals surface area (Å²) >= 11 is 2.76. The molecule has 6 nitrogen and oxygen atoms in total. The minimum atomic E-state index is -0.897. The molecule has 3 rings (SSSR count). The first kappa shape index (κ1) is 23.7. The number of nitriles is 5. The maximum Gasteiger partial charge on any atom is 0.172 e. The van der Waals surface area contributed by atoms with Crippen LogP contribution in [0.1, 0.15) is 30.0 Å². The maximum absolute atomic E-state index is 9.65. The molecule has 9 heteroatoms. The second kappa shape index (κ2) is 9.69. The van der Waals surface area contributed by atoms with E-state index in [9.17, 15) is 26.3 Å². The lowest BCUT2D eigenvalue weighted by Crippen LogP contribution is -2.20. The monoisotopic (exact) mass is 463 g/mol. The quantitative estimate of drug-likeness (QED) is 0.454. The van der Waals surface area contributed by atoms with Gasteiger partial charge in [0.15, 0.2) is 11.3 Å². The molecule has 1 aromatic heterocycles. The zero-order valence-corrected chi connectivity index (χ0v) is 19.3. The Balaban J connectivity index is 1.96. The van der Waals surface area contributed by atoms with Gasteiger partial charge in [-0.2, -0.15) is 26.3 Å². The Morgan fingerprint density at radius 1 is 1.09 bits per heavy atom. The SMILES string of the molecule is [B]C1CC(C#N)=C(/C=C(\C#N)c2ccc(/C=C/C3=C(C#N)C(=C(C#N)C#N)OC3(C)C)s2)S1. The van der Waals surface area contributed by atoms with Gasteiger partial charge >= 0.3 is 0 Å². The van der Waals surface area contributed by atoms with Crippen LogP contribution in [-0.2, 0) is 4.74 Å². The van der Waals surface area contributed by atoms with Crippen molar-refractivity contribution >= 4 is 42.6 Å². The van der Waals surface area contributed by atoms with Crippen molar-refractivity contribution in [1.82, 2.24) is 0 Å². The molecule has 2 radical (unpaired) electrons. The predicted molar refractivity (Wildman–Crippen MR) is 127 cm³/mol. The number of nitrogens with zero attached hydrogens (tertiary/aromatic N) is 5. The Morgan fingerprint density at radius 2 is 1.82 bits per heavy atom. The van der Waals surface area contributed by atoms with Crippen LogP contribution in [-0.4, -0.2) is 18.6 Å². The Labute approximate surface area is 201 Å². The average Bonchev–Trinajstić information content (AvgIpc) is 3.46. The summed E-state index contributed by atoms with van der Waals surface area (Å²) in [7, 11) is 5.92. The smallest absolute Gasteiger partial charge is 0.172 e. The van der Waals surface area contributed by atoms with Gasteiger partial charge in [-0.05, 0) is 49.7 Å². The highest BCUT2D eigenvalue weighted by Gasteiger charge is 2.38. The largest absolute Gasteiger partial charge is 0.480 e. The van der Waals surface area contributed by atoms with Gasteiger partial charge in [0.2, 0.25) is 0 Å². The number of ether oxygens (including phenoxy) is 1. The van der Waals surface area contributed by atoms with Crippen molar-refractivity contribution in [2.45, 2.75) is 31.0 Å². The Kier molecular flexibility index (Phi) is 6.96. The molecular weight excluding hydrogens is 449 g/mol. The van der Waals surface area contributed by atoms with E-state index >= 15 is 0 Å². The standard InChI is InChI=1S/C24H14BN5OS2/c1-24(2)19(18(13-30)23(31-24)16(11-28)12-29)5-3-17-4-6-20(32-17)14(9-26)7-21-15(10-27)8-22(25)33-21/h3-7,22H,8H2,1-2H3/b5-3+,14-7+. The van der Waals surface area contributed by atoms with E-state index in [1.807, 2.05) is 18.2 Å². The number of hydrogen-bond acceptors (Lipinski definition) is 8. The highest BCUT2D eigenvalue weighted by atomic mass is 32.2. The molecule has 33 heavy (non-hydrogen) atoms. The fraction of sp³-hybridized carbons (Fsp3) is 0.208. The molecule has 1 unspecified atom stereocenters. The van der Waals surface area contributed by atoms with Crippen LogP contribution in [0.3, 0.4) is 0 Å². The normalized spacial score (nSPS) is 19.5. The van der Waals surface area contributed by atoms with Crippen LogP contribution >= 0.6 is 23.1 Å². The van der Waals surface area contributed by atoms with E-state index in [1.54, 1.807) is 44.2 Å². The van der Waals surface area contributed by atoms with Gasteiger partial charge in [0.05, 0.1) is 19.5 Å². The predicted octanol–water partition coefficient (Wildman–Crippen LogP) is 5.01. The van der Waals surface area contributed by atoms with Crippen molar-refractivity contribution < 1.29 is 4.74 Å². The maximum atomic E-state index is 9.65. The lowest BCUT2D eigenvalue weighted by molar-refractivity contribution is 0.0954. The van der Waals surface area contributed by atoms with Gasteiger partial charge < -0.3 is 4.74 Å². The van der Waals surface area contributed by atoms with Crippen molar-refractivity contribution in [2.24, 2.45) is 0 Å². The number of allylic oxidation sites excluding steroid dienone is 5. The van der Waals surface area contributed by atoms with Crippen LogP contribution in [0.2, 0.25) is 0 Å². The summed E-state index contributed by atoms with van der Waals surface area (Å²) in [6.45, 7) is 3.51. The molecule has 0 N–H and O–H groups in total. The molecule has 0 aromatic carbocycles. The van der Waals surface area contributed by atoms with Gasteiger partial charge in [-0.1, -0.05) is 6.08 Å². The molecule has 0 aliphatic carbocycles. The van der Waals surface area contributed by atoms with Crippen molar-refractivity contribution in [2.75, 3.05) is 0 Å². The van der Waals surface area contributed by atoms with Gasteiger partial charge in [-0.15, -0.1) is 23.1 Å². The van der Waals surface area contributed by atoms with Gasteiger partial charge in [0.1, 0.15) is 35.5 Å². The summed E-state index contributed by atoms with van der Waals surface area (Å²) in [6.07, 6.45) is 5.70. The van der Waals surface area contributed by atoms with Crippen LogP contribution in [0.5, 0.6) is 0 Å². The fourth-order valence-corrected chi connectivity index (χ4v) is 5.23. The van der Waals surface area contributed by atoms with Crippen LogP contribution in [0, 0.1) is 56.7 Å². The summed E-state index contributed by atoms with van der Waals surface area (Å²) < 4.78 is 5.76. The van der Waals surface area contributed by atoms with Crippen molar-refractivity contribution in [3.63, 3.8) is 0 Å². The zero-order valence-electron chi connectivity index (χ0n) is 17.7. The minimum absolute atomic E-state index is 0.0115. The molecule has 0 fully saturated rings. The van der Waals surface area contributed by atoms with E-state index < -0.39 is 5.60 Å². The second-order valence-electron chi connectivity index (χ2n) is 7.46. The van der Waals surface area contributed by atoms with Gasteiger partial charge in [-0.3, -0.25) is 0 Å². The number of hydrogen-bond donors (Lipinski definition) is 0. The fourth-order valence-electron chi connectivity index (χ4n) is 3.32. The second-order valence-corrected chi connectivity index (χ2v) is 9.86. The molecule has 0 spiro atoms. The molecule has 2 aliphatic rings. The van der Waals surface area contributed by atoms with Crippen molar-refractivity contribution in [1.29, 1.82) is 26.3 Å². The summed E-state index contributed by atoms with van der Waals surface area (Å²) in [5.41, 5.74) is 0.564. The lowest BCUT2D eigenvalue weighted by atomic mass is 9.94. The van der Waals surface area contributed by atoms with Gasteiger partial charge in [0, 0.05) is 25.8 Å². The third-order valence-electron chi connectivity index (χ3n) is 4.88. The van der Waals surface area contributed by atoms with E-state index in [0.717, 1.165) is 9.75 Å². The number of rotatable bonds is 4. The average molecular weight is 463 g/mol. The number of thiophene rings is 1. The lowest BCUT2D eigenvalue weighted by Gasteiger charge is -2.20. The van der Waals surface area contributed by atoms with Crippen LogP contribution in [0.15, 0.2) is 57.2 Å². The molecular formula is C24H14BN5OS2. The molecule has 0 amide bonds. The summed E-state index contributed by atoms with van der Waals surface area (Å²) in [5.74, 6) is -0.0115. The van der Waals surface area contributed by atoms with Gasteiger partial charge in [-0.25, -0.2) is 0 Å². The molecule has 3 heterocycles. The molecule has 0 saturated carbocycles. The first-order chi connectivity index (χ1) is 15.8. The van der Waals surface area contributed by atoms with E-state index in [-0.39, 0.29) is 22.1 Å². The Morgan fingerprint density at radius 3 is 2.42 bits per heavy atom. The summed E-state index contributed by atoms with van der Waals surface area (Å²) in [4.78, 5) is 2.28. The Bertz CT molecular complexity index is 1370. The third kappa shape index (κ3) is 4.79. The van der Waals surface area contributed by atoms with E-state index in [0.29, 0.717) is 28.0 Å². The van der Waals surface area contributed by atoms with Crippen molar-refractivity contribution in [3.05, 3.63) is 67.0 Å². The molecule has 156 valence electrons. The highest BCUT2D eigenvalue weighted by Crippen LogP contribution is 2.41. The topological polar surface area (TPSA) is 128 Å². The summed E-state index contributed by atoms with van der Waals surface area (Å²) in [6, 6.07) is 13.6. The Hall–Kier alpha value is -3.94. The van der Waals surface area contributed by atoms with Crippen LogP contribution < -0.4 is 0 Å². The van der Waals surface area contributed by atoms with Crippen molar-refractivity contribution in [3.8, 4) is 30.3 Å². The first-order valence-corrected chi connectivity index (χ1v) is 11.3. The molecule has 0 saturated heterocycles. The van der Waals surface area contributed by atoms with E-state index in [4.69, 9.17) is 12.6 Å². The van der Waals surface area contributed by atoms with Crippen LogP contribution in [0.4, 0.5) is 0 Å². The number of thioether (sulfide) groups is 1. The first-order valence-electron chi connectivity index (χ1n) is 9.62. The molecule has 0 bridgehead atoms. The van der Waals surface area contributed by atoms with Gasteiger partial charge in [0.25, 0.3) is 0 Å². The molecule has 1 atom stereocenters. The zero-order chi connectivity index (χ0) is 24.2. The highest BCUT2D eigenvalue weighted by molar-refractivity contribution is 8.05. The van der Waals surface area contributed by atoms with E-state index in [2.05, 4.69) is 12.1 Å². The molecule has 2 aliphatic heterocycles. The minimum Gasteiger partial charge on any atom is -0.480 e. The summed E-state index contributed by atoms with van der Waals surface area (Å²) in [5, 5.41) is 46.7. The third-order valence-corrected chi connectivity index (χ3v) is 7.05. The van der Waals surface area contributed by atoms with E-state index in [1.165, 1.54) is 23.1 Å². The van der Waals surface area contributed by atoms with Crippen LogP contribution in [0.25, 0.3) is 11.6 Å².